The van der Waals surface area contributed by atoms with Crippen molar-refractivity contribution in [3.8, 4) is 0 Å². The Balaban J connectivity index is 2.18. The number of hydrogen-bond donors (Lipinski definition) is 0. The Bertz CT molecular complexity index is 1010. The zero-order chi connectivity index (χ0) is 18.4. The van der Waals surface area contributed by atoms with Crippen LogP contribution in [0.25, 0.3) is 11.1 Å². The van der Waals surface area contributed by atoms with Gasteiger partial charge in [-0.2, -0.15) is 0 Å². The number of carbonyl (C=O) groups excluding carboxylic acids is 1. The molecule has 0 N–H and O–H groups in total. The van der Waals surface area contributed by atoms with Gasteiger partial charge in [0.25, 0.3) is 0 Å². The standard InChI is InChI=1S/C17H11F3O4S/c1-25(22,23)15-3-2-9(6-14(15)20)13-8-24-17(21)16(13)10-4-11(18)7-12(19)5-10/h2-7H,8H2,1H3. The first-order valence-corrected chi connectivity index (χ1v) is 8.92. The van der Waals surface area contributed by atoms with Gasteiger partial charge in [0, 0.05) is 17.9 Å². The fourth-order valence-electron chi connectivity index (χ4n) is 2.61. The third-order valence-corrected chi connectivity index (χ3v) is 4.81. The molecule has 0 aliphatic carbocycles. The molecule has 0 bridgehead atoms. The highest BCUT2D eigenvalue weighted by atomic mass is 32.2. The van der Waals surface area contributed by atoms with Crippen LogP contribution in [-0.2, 0) is 19.4 Å². The number of carbonyl (C=O) groups is 1. The fraction of sp³-hybridized carbons (Fsp3) is 0.118. The highest BCUT2D eigenvalue weighted by molar-refractivity contribution is 7.90. The monoisotopic (exact) mass is 368 g/mol. The van der Waals surface area contributed by atoms with E-state index in [0.717, 1.165) is 30.5 Å². The van der Waals surface area contributed by atoms with E-state index in [0.29, 0.717) is 6.07 Å². The predicted molar refractivity (Wildman–Crippen MR) is 83.6 cm³/mol. The SMILES string of the molecule is CS(=O)(=O)c1ccc(C2=C(c3cc(F)cc(F)c3)C(=O)OC2)cc1F. The van der Waals surface area contributed by atoms with Gasteiger partial charge >= 0.3 is 5.97 Å². The summed E-state index contributed by atoms with van der Waals surface area (Å²) < 4.78 is 68.9. The summed E-state index contributed by atoms with van der Waals surface area (Å²) in [6, 6.07) is 5.92. The molecule has 2 aromatic carbocycles. The van der Waals surface area contributed by atoms with E-state index in [1.807, 2.05) is 0 Å². The molecule has 0 amide bonds. The van der Waals surface area contributed by atoms with Gasteiger partial charge in [-0.25, -0.2) is 26.4 Å². The normalized spacial score (nSPS) is 14.8. The Labute approximate surface area is 141 Å². The molecule has 25 heavy (non-hydrogen) atoms. The second-order valence-electron chi connectivity index (χ2n) is 5.51. The summed E-state index contributed by atoms with van der Waals surface area (Å²) in [5, 5.41) is 0. The summed E-state index contributed by atoms with van der Waals surface area (Å²) in [4.78, 5) is 11.5. The maximum Gasteiger partial charge on any atom is 0.339 e. The molecule has 0 aromatic heterocycles. The molecule has 130 valence electrons. The number of sulfone groups is 1. The minimum absolute atomic E-state index is 0.0393. The Hall–Kier alpha value is -2.61. The molecule has 1 aliphatic heterocycles. The molecule has 8 heteroatoms. The third-order valence-electron chi connectivity index (χ3n) is 3.68. The lowest BCUT2D eigenvalue weighted by molar-refractivity contribution is -0.133. The van der Waals surface area contributed by atoms with Crippen molar-refractivity contribution >= 4 is 27.0 Å². The average molecular weight is 368 g/mol. The first-order valence-electron chi connectivity index (χ1n) is 7.03. The lowest BCUT2D eigenvalue weighted by atomic mass is 9.96. The van der Waals surface area contributed by atoms with E-state index in [-0.39, 0.29) is 28.9 Å². The molecule has 0 radical (unpaired) electrons. The van der Waals surface area contributed by atoms with Crippen LogP contribution in [0.3, 0.4) is 0 Å². The van der Waals surface area contributed by atoms with Crippen LogP contribution in [0.2, 0.25) is 0 Å². The third kappa shape index (κ3) is 3.30. The molecule has 4 nitrogen and oxygen atoms in total. The molecule has 0 fully saturated rings. The summed E-state index contributed by atoms with van der Waals surface area (Å²) >= 11 is 0. The molecule has 0 saturated carbocycles. The molecule has 0 atom stereocenters. The maximum atomic E-state index is 14.1. The van der Waals surface area contributed by atoms with Crippen molar-refractivity contribution in [2.75, 3.05) is 12.9 Å². The number of cyclic esters (lactones) is 1. The van der Waals surface area contributed by atoms with Crippen molar-refractivity contribution in [3.05, 3.63) is 65.0 Å². The summed E-state index contributed by atoms with van der Waals surface area (Å²) in [6.45, 7) is -0.218. The largest absolute Gasteiger partial charge is 0.457 e. The lowest BCUT2D eigenvalue weighted by Crippen LogP contribution is -2.02. The van der Waals surface area contributed by atoms with Gasteiger partial charge in [-0.05, 0) is 35.4 Å². The van der Waals surface area contributed by atoms with Gasteiger partial charge in [-0.15, -0.1) is 0 Å². The number of hydrogen-bond acceptors (Lipinski definition) is 4. The van der Waals surface area contributed by atoms with Crippen LogP contribution in [0, 0.1) is 17.5 Å². The quantitative estimate of drug-likeness (QED) is 0.782. The van der Waals surface area contributed by atoms with Crippen molar-refractivity contribution < 1.29 is 31.1 Å². The molecule has 0 saturated heterocycles. The second-order valence-corrected chi connectivity index (χ2v) is 7.49. The Kier molecular flexibility index (Phi) is 4.16. The van der Waals surface area contributed by atoms with Crippen molar-refractivity contribution in [1.82, 2.24) is 0 Å². The molecule has 0 unspecified atom stereocenters. The summed E-state index contributed by atoms with van der Waals surface area (Å²) in [5.74, 6) is -3.54. The number of benzene rings is 2. The zero-order valence-electron chi connectivity index (χ0n) is 12.8. The first-order chi connectivity index (χ1) is 11.7. The first kappa shape index (κ1) is 17.2. The van der Waals surface area contributed by atoms with Crippen LogP contribution < -0.4 is 0 Å². The van der Waals surface area contributed by atoms with Crippen LogP contribution in [0.1, 0.15) is 11.1 Å². The van der Waals surface area contributed by atoms with Gasteiger partial charge < -0.3 is 4.74 Å². The van der Waals surface area contributed by atoms with Gasteiger partial charge in [0.05, 0.1) is 5.57 Å². The molecular formula is C17H11F3O4S. The van der Waals surface area contributed by atoms with E-state index >= 15 is 0 Å². The second kappa shape index (κ2) is 6.03. The van der Waals surface area contributed by atoms with Crippen molar-refractivity contribution in [2.45, 2.75) is 4.90 Å². The highest BCUT2D eigenvalue weighted by Crippen LogP contribution is 2.34. The summed E-state index contributed by atoms with van der Waals surface area (Å²) in [5.41, 5.74) is 0.275. The van der Waals surface area contributed by atoms with E-state index in [9.17, 15) is 26.4 Å². The van der Waals surface area contributed by atoms with E-state index in [1.54, 1.807) is 0 Å². The maximum absolute atomic E-state index is 14.1. The minimum atomic E-state index is -3.75. The molecule has 3 rings (SSSR count). The van der Waals surface area contributed by atoms with E-state index in [1.165, 1.54) is 6.07 Å². The number of rotatable bonds is 3. The van der Waals surface area contributed by atoms with Gasteiger partial charge in [-0.3, -0.25) is 0 Å². The van der Waals surface area contributed by atoms with Crippen molar-refractivity contribution in [3.63, 3.8) is 0 Å². The highest BCUT2D eigenvalue weighted by Gasteiger charge is 2.28. The van der Waals surface area contributed by atoms with Gasteiger partial charge in [0.1, 0.15) is 29.0 Å². The Morgan fingerprint density at radius 2 is 1.60 bits per heavy atom. The predicted octanol–water partition coefficient (Wildman–Crippen LogP) is 2.98. The fourth-order valence-corrected chi connectivity index (χ4v) is 3.34. The molecule has 1 heterocycles. The smallest absolute Gasteiger partial charge is 0.339 e. The lowest BCUT2D eigenvalue weighted by Gasteiger charge is -2.07. The molecule has 0 spiro atoms. The molecule has 1 aliphatic rings. The Morgan fingerprint density at radius 3 is 2.16 bits per heavy atom. The van der Waals surface area contributed by atoms with Gasteiger partial charge in [0.15, 0.2) is 9.84 Å². The van der Waals surface area contributed by atoms with E-state index in [2.05, 4.69) is 0 Å². The average Bonchev–Trinajstić information content (AvgIpc) is 2.86. The van der Waals surface area contributed by atoms with Crippen LogP contribution in [-0.4, -0.2) is 27.2 Å². The van der Waals surface area contributed by atoms with Crippen LogP contribution in [0.4, 0.5) is 13.2 Å². The van der Waals surface area contributed by atoms with Crippen LogP contribution in [0.15, 0.2) is 41.3 Å². The van der Waals surface area contributed by atoms with Gasteiger partial charge in [-0.1, -0.05) is 6.07 Å². The Morgan fingerprint density at radius 1 is 0.960 bits per heavy atom. The number of halogens is 3. The van der Waals surface area contributed by atoms with E-state index < -0.39 is 38.2 Å². The zero-order valence-corrected chi connectivity index (χ0v) is 13.7. The molecular weight excluding hydrogens is 357 g/mol. The molecule has 2 aromatic rings. The van der Waals surface area contributed by atoms with Crippen molar-refractivity contribution in [1.29, 1.82) is 0 Å². The van der Waals surface area contributed by atoms with Crippen LogP contribution >= 0.6 is 0 Å². The van der Waals surface area contributed by atoms with E-state index in [4.69, 9.17) is 4.74 Å². The van der Waals surface area contributed by atoms with Gasteiger partial charge in [0.2, 0.25) is 0 Å². The van der Waals surface area contributed by atoms with Crippen molar-refractivity contribution in [2.24, 2.45) is 0 Å². The number of esters is 1. The minimum Gasteiger partial charge on any atom is -0.457 e. The summed E-state index contributed by atoms with van der Waals surface area (Å²) in [7, 11) is -3.75. The van der Waals surface area contributed by atoms with Crippen LogP contribution in [0.5, 0.6) is 0 Å². The topological polar surface area (TPSA) is 60.4 Å². The summed E-state index contributed by atoms with van der Waals surface area (Å²) in [6.07, 6.45) is 0.869. The number of ether oxygens (including phenoxy) is 1.